The Morgan fingerprint density at radius 2 is 2.18 bits per heavy atom. The Hall–Kier alpha value is -0.633. The van der Waals surface area contributed by atoms with Gasteiger partial charge in [0.2, 0.25) is 0 Å². The monoisotopic (exact) mass is 178 g/mol. The van der Waals surface area contributed by atoms with Crippen LogP contribution in [-0.2, 0) is 17.7 Å². The molecule has 0 saturated carbocycles. The Labute approximate surface area is 63.1 Å². The van der Waals surface area contributed by atoms with E-state index in [1.807, 2.05) is 0 Å². The van der Waals surface area contributed by atoms with E-state index in [4.69, 9.17) is 18.4 Å². The van der Waals surface area contributed by atoms with Crippen molar-refractivity contribution in [3.05, 3.63) is 0 Å². The maximum atomic E-state index is 10.1. The fourth-order valence-electron chi connectivity index (χ4n) is 1.01. The SMILES string of the molecule is O=C(O)O[Si]12OCC(CO1)O2. The Morgan fingerprint density at radius 1 is 1.55 bits per heavy atom. The average molecular weight is 178 g/mol. The van der Waals surface area contributed by atoms with E-state index < -0.39 is 15.2 Å². The predicted molar refractivity (Wildman–Crippen MR) is 31.6 cm³/mol. The minimum Gasteiger partial charge on any atom is -0.451 e. The normalized spacial score (nSPS) is 40.9. The minimum atomic E-state index is -3.19. The molecule has 0 radical (unpaired) electrons. The van der Waals surface area contributed by atoms with Gasteiger partial charge in [-0.05, 0) is 0 Å². The van der Waals surface area contributed by atoms with Crippen LogP contribution in [0.2, 0.25) is 0 Å². The second-order valence-corrected chi connectivity index (χ2v) is 4.25. The zero-order valence-electron chi connectivity index (χ0n) is 5.48. The Bertz CT molecular complexity index is 185. The fraction of sp³-hybridized carbons (Fsp3) is 0.750. The van der Waals surface area contributed by atoms with Gasteiger partial charge in [-0.1, -0.05) is 0 Å². The van der Waals surface area contributed by atoms with E-state index in [0.717, 1.165) is 0 Å². The lowest BCUT2D eigenvalue weighted by Gasteiger charge is -2.15. The van der Waals surface area contributed by atoms with Crippen LogP contribution in [-0.4, -0.2) is 39.6 Å². The predicted octanol–water partition coefficient (Wildman–Crippen LogP) is -0.438. The molecular formula is C4H6O6Si. The van der Waals surface area contributed by atoms with Crippen molar-refractivity contribution in [2.45, 2.75) is 6.10 Å². The van der Waals surface area contributed by atoms with Crippen LogP contribution in [0, 0.1) is 0 Å². The maximum Gasteiger partial charge on any atom is 0.754 e. The summed E-state index contributed by atoms with van der Waals surface area (Å²) < 4.78 is 19.3. The third-order valence-corrected chi connectivity index (χ3v) is 3.50. The zero-order valence-corrected chi connectivity index (χ0v) is 6.48. The van der Waals surface area contributed by atoms with Gasteiger partial charge in [0.25, 0.3) is 0 Å². The van der Waals surface area contributed by atoms with E-state index in [-0.39, 0.29) is 6.10 Å². The molecule has 0 unspecified atom stereocenters. The molecule has 62 valence electrons. The van der Waals surface area contributed by atoms with Gasteiger partial charge in [-0.25, -0.2) is 4.79 Å². The lowest BCUT2D eigenvalue weighted by atomic mass is 10.4. The van der Waals surface area contributed by atoms with Gasteiger partial charge in [-0.15, -0.1) is 0 Å². The van der Waals surface area contributed by atoms with Crippen LogP contribution in [0.4, 0.5) is 4.79 Å². The summed E-state index contributed by atoms with van der Waals surface area (Å²) in [4.78, 5) is 10.1. The smallest absolute Gasteiger partial charge is 0.451 e. The molecule has 2 aliphatic heterocycles. The Kier molecular flexibility index (Phi) is 1.39. The van der Waals surface area contributed by atoms with Crippen LogP contribution >= 0.6 is 0 Å². The average Bonchev–Trinajstić information content (AvgIpc) is 2.43. The van der Waals surface area contributed by atoms with E-state index in [1.54, 1.807) is 0 Å². The third-order valence-electron chi connectivity index (χ3n) is 1.42. The summed E-state index contributed by atoms with van der Waals surface area (Å²) >= 11 is 0. The molecule has 2 saturated heterocycles. The zero-order chi connectivity index (χ0) is 7.90. The first kappa shape index (κ1) is 7.04. The molecule has 2 aliphatic rings. The minimum absolute atomic E-state index is 0.138. The van der Waals surface area contributed by atoms with Crippen molar-refractivity contribution >= 4 is 15.2 Å². The van der Waals surface area contributed by atoms with Crippen molar-refractivity contribution in [1.29, 1.82) is 0 Å². The van der Waals surface area contributed by atoms with Crippen LogP contribution in [0.15, 0.2) is 0 Å². The highest BCUT2D eigenvalue weighted by atomic mass is 28.4. The summed E-state index contributed by atoms with van der Waals surface area (Å²) in [5.41, 5.74) is 0. The number of fused-ring (bicyclic) bond motifs is 2. The maximum absolute atomic E-state index is 10.1. The highest BCUT2D eigenvalue weighted by molar-refractivity contribution is 6.56. The molecule has 0 atom stereocenters. The molecule has 2 rings (SSSR count). The topological polar surface area (TPSA) is 74.2 Å². The first-order chi connectivity index (χ1) is 5.20. The number of rotatable bonds is 1. The summed E-state index contributed by atoms with van der Waals surface area (Å²) in [7, 11) is -3.19. The highest BCUT2D eigenvalue weighted by Gasteiger charge is 2.62. The Morgan fingerprint density at radius 3 is 2.55 bits per heavy atom. The van der Waals surface area contributed by atoms with E-state index in [0.29, 0.717) is 13.2 Å². The van der Waals surface area contributed by atoms with Gasteiger partial charge in [-0.3, -0.25) is 0 Å². The summed E-state index contributed by atoms with van der Waals surface area (Å²) in [6.45, 7) is 0.749. The fourth-order valence-corrected chi connectivity index (χ4v) is 2.93. The van der Waals surface area contributed by atoms with Crippen LogP contribution < -0.4 is 0 Å². The summed E-state index contributed by atoms with van der Waals surface area (Å²) in [5.74, 6) is 0. The van der Waals surface area contributed by atoms with Crippen molar-refractivity contribution in [2.24, 2.45) is 0 Å². The first-order valence-electron chi connectivity index (χ1n) is 3.08. The number of hydrogen-bond donors (Lipinski definition) is 1. The van der Waals surface area contributed by atoms with Crippen LogP contribution in [0.25, 0.3) is 0 Å². The lowest BCUT2D eigenvalue weighted by molar-refractivity contribution is 0.0500. The second kappa shape index (κ2) is 2.17. The molecule has 0 aromatic heterocycles. The van der Waals surface area contributed by atoms with Gasteiger partial charge in [0, 0.05) is 0 Å². The number of carbonyl (C=O) groups is 1. The van der Waals surface area contributed by atoms with Crippen molar-refractivity contribution in [2.75, 3.05) is 13.2 Å². The van der Waals surface area contributed by atoms with Crippen molar-refractivity contribution in [3.8, 4) is 0 Å². The van der Waals surface area contributed by atoms with Gasteiger partial charge in [-0.2, -0.15) is 0 Å². The molecule has 0 aromatic rings. The van der Waals surface area contributed by atoms with E-state index >= 15 is 0 Å². The molecular weight excluding hydrogens is 172 g/mol. The first-order valence-corrected chi connectivity index (χ1v) is 4.71. The lowest BCUT2D eigenvalue weighted by Crippen LogP contribution is -2.43. The highest BCUT2D eigenvalue weighted by Crippen LogP contribution is 2.28. The quantitative estimate of drug-likeness (QED) is 0.549. The van der Waals surface area contributed by atoms with E-state index in [9.17, 15) is 4.79 Å². The van der Waals surface area contributed by atoms with Crippen molar-refractivity contribution in [3.63, 3.8) is 0 Å². The number of carboxylic acid groups (broad SMARTS) is 1. The molecule has 7 heteroatoms. The van der Waals surface area contributed by atoms with Gasteiger partial charge >= 0.3 is 15.2 Å². The van der Waals surface area contributed by atoms with Gasteiger partial charge in [0.1, 0.15) is 0 Å². The molecule has 0 amide bonds. The molecule has 2 bridgehead atoms. The molecule has 0 spiro atoms. The summed E-state index contributed by atoms with van der Waals surface area (Å²) in [6.07, 6.45) is -1.56. The second-order valence-electron chi connectivity index (χ2n) is 2.23. The van der Waals surface area contributed by atoms with Gasteiger partial charge < -0.3 is 22.8 Å². The summed E-state index contributed by atoms with van der Waals surface area (Å²) in [6, 6.07) is 0. The molecule has 0 aromatic carbocycles. The van der Waals surface area contributed by atoms with Crippen molar-refractivity contribution < 1.29 is 27.6 Å². The standard InChI is InChI=1S/C4H6O6Si/c5-4(6)10-11-7-1-3(9-11)2-8-11/h3H,1-2H2,(H,5,6). The largest absolute Gasteiger partial charge is 0.754 e. The summed E-state index contributed by atoms with van der Waals surface area (Å²) in [5, 5.41) is 8.26. The van der Waals surface area contributed by atoms with E-state index in [2.05, 4.69) is 4.43 Å². The molecule has 11 heavy (non-hydrogen) atoms. The van der Waals surface area contributed by atoms with Gasteiger partial charge in [0.15, 0.2) is 0 Å². The van der Waals surface area contributed by atoms with E-state index in [1.165, 1.54) is 0 Å². The molecule has 2 fully saturated rings. The van der Waals surface area contributed by atoms with Crippen molar-refractivity contribution in [1.82, 2.24) is 0 Å². The number of hydrogen-bond acceptors (Lipinski definition) is 5. The Balaban J connectivity index is 2.05. The van der Waals surface area contributed by atoms with Crippen LogP contribution in [0.1, 0.15) is 0 Å². The molecule has 1 N–H and O–H groups in total. The molecule has 0 aliphatic carbocycles. The van der Waals surface area contributed by atoms with Gasteiger partial charge in [0.05, 0.1) is 19.3 Å². The molecule has 6 nitrogen and oxygen atoms in total. The molecule has 2 heterocycles. The van der Waals surface area contributed by atoms with Crippen LogP contribution in [0.3, 0.4) is 0 Å². The third kappa shape index (κ3) is 1.11. The van der Waals surface area contributed by atoms with Crippen LogP contribution in [0.5, 0.6) is 0 Å².